The highest BCUT2D eigenvalue weighted by Crippen LogP contribution is 2.29. The number of amides is 1. The minimum atomic E-state index is -0.0139. The largest absolute Gasteiger partial charge is 0.350 e. The second-order valence-corrected chi connectivity index (χ2v) is 8.97. The molecule has 0 radical (unpaired) electrons. The van der Waals surface area contributed by atoms with Crippen molar-refractivity contribution in [3.05, 3.63) is 87.7 Å². The molecule has 2 aromatic carbocycles. The van der Waals surface area contributed by atoms with Gasteiger partial charge < -0.3 is 5.32 Å². The third-order valence-electron chi connectivity index (χ3n) is 6.59. The Hall–Kier alpha value is -3.47. The van der Waals surface area contributed by atoms with Gasteiger partial charge in [0.2, 0.25) is 5.91 Å². The average Bonchev–Trinajstić information content (AvgIpc) is 3.12. The quantitative estimate of drug-likeness (QED) is 0.414. The van der Waals surface area contributed by atoms with Crippen molar-refractivity contribution in [2.45, 2.75) is 60.4 Å². The Bertz CT molecular complexity index is 1320. The molecule has 33 heavy (non-hydrogen) atoms. The van der Waals surface area contributed by atoms with E-state index in [1.807, 2.05) is 55.8 Å². The molecule has 170 valence electrons. The maximum absolute atomic E-state index is 12.7. The molecule has 0 bridgehead atoms. The molecule has 4 aromatic rings. The highest BCUT2D eigenvalue weighted by molar-refractivity contribution is 5.85. The second-order valence-electron chi connectivity index (χ2n) is 8.97. The van der Waals surface area contributed by atoms with Gasteiger partial charge in [0.25, 0.3) is 0 Å². The molecule has 1 atom stereocenters. The third kappa shape index (κ3) is 4.54. The first kappa shape index (κ1) is 22.7. The van der Waals surface area contributed by atoms with Gasteiger partial charge in [-0.05, 0) is 87.9 Å². The number of carbonyl (C=O) groups excluding carboxylic acids is 1. The first-order chi connectivity index (χ1) is 15.8. The Balaban J connectivity index is 1.58. The predicted molar refractivity (Wildman–Crippen MR) is 134 cm³/mol. The van der Waals surface area contributed by atoms with E-state index in [0.717, 1.165) is 44.8 Å². The number of hydrogen-bond donors (Lipinski definition) is 1. The van der Waals surface area contributed by atoms with E-state index in [-0.39, 0.29) is 11.9 Å². The van der Waals surface area contributed by atoms with Crippen LogP contribution in [-0.2, 0) is 11.2 Å². The summed E-state index contributed by atoms with van der Waals surface area (Å²) in [5.74, 6) is 0.0489. The first-order valence-corrected chi connectivity index (χ1v) is 11.5. The summed E-state index contributed by atoms with van der Waals surface area (Å²) in [6, 6.07) is 16.4. The molecule has 2 aromatic heterocycles. The van der Waals surface area contributed by atoms with Crippen LogP contribution in [-0.4, -0.2) is 20.7 Å². The van der Waals surface area contributed by atoms with Crippen LogP contribution in [0.5, 0.6) is 0 Å². The van der Waals surface area contributed by atoms with E-state index in [2.05, 4.69) is 44.3 Å². The molecule has 0 saturated carbocycles. The van der Waals surface area contributed by atoms with Crippen molar-refractivity contribution in [2.24, 2.45) is 0 Å². The van der Waals surface area contributed by atoms with Crippen LogP contribution in [0.2, 0.25) is 0 Å². The van der Waals surface area contributed by atoms with Crippen LogP contribution in [0.1, 0.15) is 58.6 Å². The number of nitrogens with zero attached hydrogens (tertiary/aromatic N) is 3. The van der Waals surface area contributed by atoms with Crippen molar-refractivity contribution in [1.82, 2.24) is 20.1 Å². The third-order valence-corrected chi connectivity index (χ3v) is 6.59. The van der Waals surface area contributed by atoms with Crippen LogP contribution in [0.25, 0.3) is 16.7 Å². The molecule has 0 aliphatic carbocycles. The summed E-state index contributed by atoms with van der Waals surface area (Å²) in [4.78, 5) is 17.6. The summed E-state index contributed by atoms with van der Waals surface area (Å²) in [5.41, 5.74) is 9.69. The van der Waals surface area contributed by atoms with Gasteiger partial charge in [0.15, 0.2) is 5.65 Å². The van der Waals surface area contributed by atoms with Crippen LogP contribution >= 0.6 is 0 Å². The van der Waals surface area contributed by atoms with Crippen LogP contribution < -0.4 is 5.32 Å². The Morgan fingerprint density at radius 3 is 2.39 bits per heavy atom. The van der Waals surface area contributed by atoms with E-state index in [4.69, 9.17) is 10.1 Å². The second kappa shape index (κ2) is 9.18. The summed E-state index contributed by atoms with van der Waals surface area (Å²) in [7, 11) is 0. The van der Waals surface area contributed by atoms with Crippen molar-refractivity contribution >= 4 is 16.9 Å². The van der Waals surface area contributed by atoms with E-state index in [0.29, 0.717) is 12.8 Å². The molecule has 2 heterocycles. The summed E-state index contributed by atoms with van der Waals surface area (Å²) >= 11 is 0. The number of pyridine rings is 1. The molecule has 0 saturated heterocycles. The molecule has 1 unspecified atom stereocenters. The predicted octanol–water partition coefficient (Wildman–Crippen LogP) is 5.77. The molecule has 0 aliphatic rings. The zero-order valence-corrected chi connectivity index (χ0v) is 20.4. The number of aromatic nitrogens is 3. The van der Waals surface area contributed by atoms with Gasteiger partial charge in [-0.3, -0.25) is 4.79 Å². The standard InChI is InChI=1S/C28H32N4O/c1-17-12-13-24(16-18(17)2)32-28-27(22(6)31-32)19(3)25(21(5)30-28)14-15-26(33)29-20(4)23-10-8-7-9-11-23/h7-13,16,20H,14-15H2,1-6H3,(H,29,33). The van der Waals surface area contributed by atoms with Crippen LogP contribution in [0.3, 0.4) is 0 Å². The zero-order chi connectivity index (χ0) is 23.7. The van der Waals surface area contributed by atoms with Gasteiger partial charge in [-0.15, -0.1) is 0 Å². The molecule has 4 rings (SSSR count). The first-order valence-electron chi connectivity index (χ1n) is 11.5. The Labute approximate surface area is 195 Å². The van der Waals surface area contributed by atoms with Crippen LogP contribution in [0, 0.1) is 34.6 Å². The highest BCUT2D eigenvalue weighted by Gasteiger charge is 2.19. The van der Waals surface area contributed by atoms with Crippen molar-refractivity contribution in [1.29, 1.82) is 0 Å². The Kier molecular flexibility index (Phi) is 6.32. The van der Waals surface area contributed by atoms with Gasteiger partial charge in [-0.2, -0.15) is 5.10 Å². The molecule has 5 nitrogen and oxygen atoms in total. The van der Waals surface area contributed by atoms with E-state index in [9.17, 15) is 4.79 Å². The summed E-state index contributed by atoms with van der Waals surface area (Å²) in [6.45, 7) is 12.4. The van der Waals surface area contributed by atoms with Gasteiger partial charge in [-0.1, -0.05) is 36.4 Å². The minimum Gasteiger partial charge on any atom is -0.350 e. The lowest BCUT2D eigenvalue weighted by atomic mass is 9.99. The monoisotopic (exact) mass is 440 g/mol. The van der Waals surface area contributed by atoms with Crippen molar-refractivity contribution < 1.29 is 4.79 Å². The Morgan fingerprint density at radius 1 is 0.970 bits per heavy atom. The van der Waals surface area contributed by atoms with Gasteiger partial charge in [0.1, 0.15) is 0 Å². The van der Waals surface area contributed by atoms with Crippen molar-refractivity contribution in [3.8, 4) is 5.69 Å². The topological polar surface area (TPSA) is 59.8 Å². The lowest BCUT2D eigenvalue weighted by molar-refractivity contribution is -0.121. The highest BCUT2D eigenvalue weighted by atomic mass is 16.1. The number of benzene rings is 2. The summed E-state index contributed by atoms with van der Waals surface area (Å²) in [6.07, 6.45) is 1.08. The fourth-order valence-electron chi connectivity index (χ4n) is 4.49. The minimum absolute atomic E-state index is 0.0139. The van der Waals surface area contributed by atoms with E-state index < -0.39 is 0 Å². The van der Waals surface area contributed by atoms with E-state index >= 15 is 0 Å². The molecule has 0 fully saturated rings. The van der Waals surface area contributed by atoms with Crippen LogP contribution in [0.15, 0.2) is 48.5 Å². The number of carbonyl (C=O) groups is 1. The molecular weight excluding hydrogens is 408 g/mol. The number of fused-ring (bicyclic) bond motifs is 1. The number of aryl methyl sites for hydroxylation is 5. The van der Waals surface area contributed by atoms with Crippen molar-refractivity contribution in [2.75, 3.05) is 0 Å². The van der Waals surface area contributed by atoms with Gasteiger partial charge in [0.05, 0.1) is 17.4 Å². The van der Waals surface area contributed by atoms with Crippen LogP contribution in [0.4, 0.5) is 0 Å². The van der Waals surface area contributed by atoms with E-state index in [1.165, 1.54) is 11.1 Å². The fourth-order valence-corrected chi connectivity index (χ4v) is 4.49. The summed E-state index contributed by atoms with van der Waals surface area (Å²) in [5, 5.41) is 9.01. The van der Waals surface area contributed by atoms with Gasteiger partial charge >= 0.3 is 0 Å². The number of nitrogens with one attached hydrogen (secondary N) is 1. The fraction of sp³-hybridized carbons (Fsp3) is 0.321. The summed E-state index contributed by atoms with van der Waals surface area (Å²) < 4.78 is 1.94. The van der Waals surface area contributed by atoms with Crippen molar-refractivity contribution in [3.63, 3.8) is 0 Å². The number of hydrogen-bond acceptors (Lipinski definition) is 3. The molecule has 1 N–H and O–H groups in total. The molecule has 1 amide bonds. The SMILES string of the molecule is Cc1ccc(-n2nc(C)c3c(C)c(CCC(=O)NC(C)c4ccccc4)c(C)nc32)cc1C. The average molecular weight is 441 g/mol. The lowest BCUT2D eigenvalue weighted by Crippen LogP contribution is -2.27. The lowest BCUT2D eigenvalue weighted by Gasteiger charge is -2.15. The smallest absolute Gasteiger partial charge is 0.220 e. The van der Waals surface area contributed by atoms with E-state index in [1.54, 1.807) is 0 Å². The van der Waals surface area contributed by atoms with Gasteiger partial charge in [-0.25, -0.2) is 9.67 Å². The number of rotatable bonds is 6. The zero-order valence-electron chi connectivity index (χ0n) is 20.4. The Morgan fingerprint density at radius 2 is 1.70 bits per heavy atom. The maximum Gasteiger partial charge on any atom is 0.220 e. The van der Waals surface area contributed by atoms with Gasteiger partial charge in [0, 0.05) is 17.5 Å². The molecule has 5 heteroatoms. The maximum atomic E-state index is 12.7. The molecular formula is C28H32N4O. The molecule has 0 spiro atoms. The molecule has 0 aliphatic heterocycles. The normalized spacial score (nSPS) is 12.2.